The minimum atomic E-state index is -0.487. The lowest BCUT2D eigenvalue weighted by Gasteiger charge is -2.31. The second-order valence-corrected chi connectivity index (χ2v) is 5.77. The fourth-order valence-corrected chi connectivity index (χ4v) is 2.90. The highest BCUT2D eigenvalue weighted by Crippen LogP contribution is 2.17. The van der Waals surface area contributed by atoms with Gasteiger partial charge in [-0.1, -0.05) is 30.3 Å². The number of amides is 1. The highest BCUT2D eigenvalue weighted by molar-refractivity contribution is 5.81. The second kappa shape index (κ2) is 7.72. The maximum Gasteiger partial charge on any atom is 0.254 e. The van der Waals surface area contributed by atoms with E-state index < -0.39 is 6.10 Å². The molecule has 0 bridgehead atoms. The van der Waals surface area contributed by atoms with Crippen molar-refractivity contribution in [2.24, 2.45) is 0 Å². The molecule has 22 heavy (non-hydrogen) atoms. The molecule has 0 saturated carbocycles. The molecule has 1 aromatic rings. The van der Waals surface area contributed by atoms with Crippen LogP contribution in [0.3, 0.4) is 0 Å². The fourth-order valence-electron chi connectivity index (χ4n) is 2.90. The van der Waals surface area contributed by atoms with Crippen LogP contribution in [0.2, 0.25) is 0 Å². The van der Waals surface area contributed by atoms with Crippen molar-refractivity contribution in [2.45, 2.75) is 31.6 Å². The molecule has 0 radical (unpaired) electrons. The van der Waals surface area contributed by atoms with Gasteiger partial charge in [0.1, 0.15) is 0 Å². The molecule has 0 aliphatic carbocycles. The Morgan fingerprint density at radius 3 is 2.68 bits per heavy atom. The first-order valence-corrected chi connectivity index (χ1v) is 7.96. The molecule has 0 N–H and O–H groups in total. The molecule has 2 unspecified atom stereocenters. The maximum atomic E-state index is 12.8. The number of ether oxygens (including phenoxy) is 3. The molecule has 3 rings (SSSR count). The number of benzene rings is 1. The topological polar surface area (TPSA) is 48.0 Å². The lowest BCUT2D eigenvalue weighted by Crippen LogP contribution is -2.47. The van der Waals surface area contributed by atoms with E-state index in [1.54, 1.807) is 0 Å². The van der Waals surface area contributed by atoms with Crippen molar-refractivity contribution in [2.75, 3.05) is 33.0 Å². The highest BCUT2D eigenvalue weighted by atomic mass is 16.6. The van der Waals surface area contributed by atoms with Gasteiger partial charge < -0.3 is 19.1 Å². The number of carbonyl (C=O) groups excluding carboxylic acids is 1. The summed E-state index contributed by atoms with van der Waals surface area (Å²) in [5, 5.41) is 0. The molecule has 2 aliphatic rings. The third-order valence-corrected chi connectivity index (χ3v) is 4.07. The van der Waals surface area contributed by atoms with E-state index in [0.29, 0.717) is 32.9 Å². The molecule has 2 heterocycles. The molecule has 5 nitrogen and oxygen atoms in total. The molecule has 1 aromatic carbocycles. The Morgan fingerprint density at radius 1 is 1.14 bits per heavy atom. The molecule has 1 amide bonds. The molecule has 120 valence electrons. The predicted molar refractivity (Wildman–Crippen MR) is 81.4 cm³/mol. The maximum absolute atomic E-state index is 12.8. The first-order valence-electron chi connectivity index (χ1n) is 7.96. The zero-order chi connectivity index (χ0) is 15.2. The number of carbonyl (C=O) groups is 1. The number of rotatable bonds is 5. The van der Waals surface area contributed by atoms with Gasteiger partial charge in [-0.25, -0.2) is 0 Å². The first kappa shape index (κ1) is 15.5. The third kappa shape index (κ3) is 4.06. The summed E-state index contributed by atoms with van der Waals surface area (Å²) in [6.07, 6.45) is 1.73. The standard InChI is InChI=1S/C17H23NO4/c19-17(16-13-20-9-10-22-16)18(12-15-7-4-8-21-15)11-14-5-2-1-3-6-14/h1-3,5-6,15-16H,4,7-13H2. The van der Waals surface area contributed by atoms with Crippen LogP contribution < -0.4 is 0 Å². The third-order valence-electron chi connectivity index (χ3n) is 4.07. The SMILES string of the molecule is O=C(C1COCCO1)N(Cc1ccccc1)CC1CCCO1. The van der Waals surface area contributed by atoms with Crippen LogP contribution in [0.15, 0.2) is 30.3 Å². The number of hydrogen-bond acceptors (Lipinski definition) is 4. The zero-order valence-electron chi connectivity index (χ0n) is 12.8. The zero-order valence-corrected chi connectivity index (χ0v) is 12.8. The van der Waals surface area contributed by atoms with Gasteiger partial charge in [0, 0.05) is 19.7 Å². The fraction of sp³-hybridized carbons (Fsp3) is 0.588. The van der Waals surface area contributed by atoms with E-state index >= 15 is 0 Å². The summed E-state index contributed by atoms with van der Waals surface area (Å²) in [6, 6.07) is 10.0. The number of hydrogen-bond donors (Lipinski definition) is 0. The van der Waals surface area contributed by atoms with Gasteiger partial charge in [0.2, 0.25) is 0 Å². The van der Waals surface area contributed by atoms with Crippen molar-refractivity contribution < 1.29 is 19.0 Å². The van der Waals surface area contributed by atoms with Crippen LogP contribution in [-0.2, 0) is 25.5 Å². The summed E-state index contributed by atoms with van der Waals surface area (Å²) < 4.78 is 16.6. The smallest absolute Gasteiger partial charge is 0.254 e. The molecular weight excluding hydrogens is 282 g/mol. The van der Waals surface area contributed by atoms with Gasteiger partial charge in [-0.15, -0.1) is 0 Å². The Kier molecular flexibility index (Phi) is 5.43. The van der Waals surface area contributed by atoms with Crippen molar-refractivity contribution in [3.63, 3.8) is 0 Å². The van der Waals surface area contributed by atoms with Gasteiger partial charge in [-0.05, 0) is 18.4 Å². The Morgan fingerprint density at radius 2 is 2.00 bits per heavy atom. The van der Waals surface area contributed by atoms with Crippen molar-refractivity contribution in [1.82, 2.24) is 4.90 Å². The van der Waals surface area contributed by atoms with E-state index in [9.17, 15) is 4.79 Å². The summed E-state index contributed by atoms with van der Waals surface area (Å²) in [7, 11) is 0. The van der Waals surface area contributed by atoms with Gasteiger partial charge in [0.25, 0.3) is 5.91 Å². The lowest BCUT2D eigenvalue weighted by atomic mass is 10.1. The van der Waals surface area contributed by atoms with E-state index in [2.05, 4.69) is 0 Å². The van der Waals surface area contributed by atoms with Crippen LogP contribution in [0, 0.1) is 0 Å². The minimum Gasteiger partial charge on any atom is -0.376 e. The quantitative estimate of drug-likeness (QED) is 0.829. The molecular formula is C17H23NO4. The summed E-state index contributed by atoms with van der Waals surface area (Å²) in [4.78, 5) is 14.6. The Hall–Kier alpha value is -1.43. The van der Waals surface area contributed by atoms with Crippen LogP contribution >= 0.6 is 0 Å². The largest absolute Gasteiger partial charge is 0.376 e. The molecule has 2 fully saturated rings. The molecule has 0 aromatic heterocycles. The van der Waals surface area contributed by atoms with Crippen molar-refractivity contribution in [1.29, 1.82) is 0 Å². The first-order chi connectivity index (χ1) is 10.8. The van der Waals surface area contributed by atoms with Crippen LogP contribution in [-0.4, -0.2) is 56.0 Å². The molecule has 0 spiro atoms. The van der Waals surface area contributed by atoms with E-state index in [-0.39, 0.29) is 12.0 Å². The van der Waals surface area contributed by atoms with Crippen molar-refractivity contribution in [3.05, 3.63) is 35.9 Å². The van der Waals surface area contributed by atoms with Crippen LogP contribution in [0.1, 0.15) is 18.4 Å². The van der Waals surface area contributed by atoms with E-state index in [0.717, 1.165) is 25.0 Å². The monoisotopic (exact) mass is 305 g/mol. The summed E-state index contributed by atoms with van der Waals surface area (Å²) in [5.74, 6) is -0.000877. The van der Waals surface area contributed by atoms with Crippen molar-refractivity contribution in [3.8, 4) is 0 Å². The highest BCUT2D eigenvalue weighted by Gasteiger charge is 2.30. The average molecular weight is 305 g/mol. The molecule has 2 atom stereocenters. The lowest BCUT2D eigenvalue weighted by molar-refractivity contribution is -0.160. The molecule has 2 saturated heterocycles. The van der Waals surface area contributed by atoms with Gasteiger partial charge >= 0.3 is 0 Å². The van der Waals surface area contributed by atoms with Gasteiger partial charge in [0.05, 0.1) is 25.9 Å². The minimum absolute atomic E-state index is 0.000877. The Labute approximate surface area is 131 Å². The second-order valence-electron chi connectivity index (χ2n) is 5.77. The van der Waals surface area contributed by atoms with Gasteiger partial charge in [-0.3, -0.25) is 4.79 Å². The van der Waals surface area contributed by atoms with Gasteiger partial charge in [0.15, 0.2) is 6.10 Å². The molecule has 5 heteroatoms. The average Bonchev–Trinajstić information content (AvgIpc) is 3.08. The van der Waals surface area contributed by atoms with E-state index in [4.69, 9.17) is 14.2 Å². The van der Waals surface area contributed by atoms with Crippen LogP contribution in [0.5, 0.6) is 0 Å². The summed E-state index contributed by atoms with van der Waals surface area (Å²) >= 11 is 0. The predicted octanol–water partition coefficient (Wildman–Crippen LogP) is 1.61. The van der Waals surface area contributed by atoms with E-state index in [1.807, 2.05) is 35.2 Å². The van der Waals surface area contributed by atoms with E-state index in [1.165, 1.54) is 0 Å². The van der Waals surface area contributed by atoms with Crippen molar-refractivity contribution >= 4 is 5.91 Å². The summed E-state index contributed by atoms with van der Waals surface area (Å²) in [6.45, 7) is 3.38. The van der Waals surface area contributed by atoms with Gasteiger partial charge in [-0.2, -0.15) is 0 Å². The Balaban J connectivity index is 1.67. The van der Waals surface area contributed by atoms with Crippen LogP contribution in [0.25, 0.3) is 0 Å². The van der Waals surface area contributed by atoms with Crippen LogP contribution in [0.4, 0.5) is 0 Å². The normalized spacial score (nSPS) is 25.1. The number of nitrogens with zero attached hydrogens (tertiary/aromatic N) is 1. The Bertz CT molecular complexity index is 467. The summed E-state index contributed by atoms with van der Waals surface area (Å²) in [5.41, 5.74) is 1.12. The molecule has 2 aliphatic heterocycles.